The predicted molar refractivity (Wildman–Crippen MR) is 87.0 cm³/mol. The molecule has 2 aliphatic heterocycles. The summed E-state index contributed by atoms with van der Waals surface area (Å²) in [5.74, 6) is 0.965. The average molecular weight is 295 g/mol. The Morgan fingerprint density at radius 2 is 1.81 bits per heavy atom. The van der Waals surface area contributed by atoms with Crippen LogP contribution in [0.15, 0.2) is 0 Å². The number of rotatable bonds is 6. The van der Waals surface area contributed by atoms with Gasteiger partial charge < -0.3 is 15.5 Å². The van der Waals surface area contributed by atoms with Gasteiger partial charge in [-0.25, -0.2) is 0 Å². The maximum absolute atomic E-state index is 12.8. The third-order valence-electron chi connectivity index (χ3n) is 5.74. The van der Waals surface area contributed by atoms with Crippen LogP contribution >= 0.6 is 0 Å². The van der Waals surface area contributed by atoms with Gasteiger partial charge in [-0.3, -0.25) is 4.79 Å². The Labute approximate surface area is 130 Å². The summed E-state index contributed by atoms with van der Waals surface area (Å²) in [5.41, 5.74) is 5.61. The number of hydrogen-bond acceptors (Lipinski definition) is 3. The second kappa shape index (κ2) is 7.59. The van der Waals surface area contributed by atoms with Crippen molar-refractivity contribution >= 4 is 5.91 Å². The molecule has 0 spiro atoms. The zero-order valence-electron chi connectivity index (χ0n) is 13.9. The van der Waals surface area contributed by atoms with E-state index in [2.05, 4.69) is 23.6 Å². The van der Waals surface area contributed by atoms with Crippen LogP contribution < -0.4 is 5.73 Å². The molecule has 0 saturated carbocycles. The van der Waals surface area contributed by atoms with Crippen LogP contribution in [-0.2, 0) is 4.79 Å². The van der Waals surface area contributed by atoms with Gasteiger partial charge in [-0.05, 0) is 51.1 Å². The number of amides is 1. The second-order valence-electron chi connectivity index (χ2n) is 6.96. The molecule has 2 N–H and O–H groups in total. The Balaban J connectivity index is 1.87. The molecule has 2 aliphatic rings. The quantitative estimate of drug-likeness (QED) is 0.816. The van der Waals surface area contributed by atoms with E-state index in [1.54, 1.807) is 0 Å². The molecular weight excluding hydrogens is 262 g/mol. The van der Waals surface area contributed by atoms with E-state index in [0.717, 1.165) is 32.4 Å². The summed E-state index contributed by atoms with van der Waals surface area (Å²) in [7, 11) is 0. The van der Waals surface area contributed by atoms with Crippen LogP contribution in [0.5, 0.6) is 0 Å². The summed E-state index contributed by atoms with van der Waals surface area (Å²) in [6.45, 7) is 10.2. The number of carbonyl (C=O) groups excluding carboxylic acids is 1. The van der Waals surface area contributed by atoms with E-state index >= 15 is 0 Å². The first kappa shape index (κ1) is 16.8. The third kappa shape index (κ3) is 3.78. The van der Waals surface area contributed by atoms with Crippen molar-refractivity contribution in [3.63, 3.8) is 0 Å². The molecule has 0 radical (unpaired) electrons. The number of carbonyl (C=O) groups is 1. The largest absolute Gasteiger partial charge is 0.342 e. The lowest BCUT2D eigenvalue weighted by molar-refractivity contribution is -0.141. The van der Waals surface area contributed by atoms with Crippen LogP contribution in [-0.4, -0.2) is 55.0 Å². The summed E-state index contributed by atoms with van der Waals surface area (Å²) in [6, 6.07) is 0. The fourth-order valence-electron chi connectivity index (χ4n) is 3.94. The van der Waals surface area contributed by atoms with Crippen LogP contribution in [0.3, 0.4) is 0 Å². The van der Waals surface area contributed by atoms with Crippen molar-refractivity contribution in [2.45, 2.75) is 52.4 Å². The first-order valence-corrected chi connectivity index (χ1v) is 8.87. The Morgan fingerprint density at radius 3 is 2.38 bits per heavy atom. The first-order chi connectivity index (χ1) is 10.1. The second-order valence-corrected chi connectivity index (χ2v) is 6.96. The zero-order chi connectivity index (χ0) is 15.3. The van der Waals surface area contributed by atoms with Gasteiger partial charge in [0.25, 0.3) is 0 Å². The Bertz CT molecular complexity index is 327. The minimum absolute atomic E-state index is 0.302. The van der Waals surface area contributed by atoms with Crippen molar-refractivity contribution in [3.8, 4) is 0 Å². The highest BCUT2D eigenvalue weighted by atomic mass is 16.2. The molecule has 1 atom stereocenters. The normalized spacial score (nSPS) is 24.5. The van der Waals surface area contributed by atoms with Gasteiger partial charge in [-0.15, -0.1) is 0 Å². The van der Waals surface area contributed by atoms with Crippen LogP contribution in [0.4, 0.5) is 0 Å². The molecule has 4 nitrogen and oxygen atoms in total. The summed E-state index contributed by atoms with van der Waals surface area (Å²) >= 11 is 0. The van der Waals surface area contributed by atoms with E-state index in [4.69, 9.17) is 5.73 Å². The molecule has 4 heteroatoms. The molecule has 0 bridgehead atoms. The van der Waals surface area contributed by atoms with E-state index in [-0.39, 0.29) is 5.41 Å². The van der Waals surface area contributed by atoms with Crippen LogP contribution in [0.2, 0.25) is 0 Å². The summed E-state index contributed by atoms with van der Waals surface area (Å²) in [6.07, 6.45) is 6.95. The molecule has 21 heavy (non-hydrogen) atoms. The maximum atomic E-state index is 12.8. The summed E-state index contributed by atoms with van der Waals surface area (Å²) in [4.78, 5) is 17.5. The van der Waals surface area contributed by atoms with E-state index < -0.39 is 0 Å². The van der Waals surface area contributed by atoms with Crippen molar-refractivity contribution in [2.24, 2.45) is 17.1 Å². The minimum Gasteiger partial charge on any atom is -0.342 e. The van der Waals surface area contributed by atoms with Crippen molar-refractivity contribution in [3.05, 3.63) is 0 Å². The first-order valence-electron chi connectivity index (χ1n) is 8.87. The standard InChI is InChI=1S/C17H33N3O/c1-3-17(4-2,14-18)16(21)20-11-8-15(13-20)12-19-9-6-5-7-10-19/h15H,3-14,18H2,1-2H3. The molecule has 122 valence electrons. The average Bonchev–Trinajstić information content (AvgIpc) is 2.99. The van der Waals surface area contributed by atoms with E-state index in [1.807, 2.05) is 0 Å². The number of nitrogens with two attached hydrogens (primary N) is 1. The molecular formula is C17H33N3O. The van der Waals surface area contributed by atoms with Crippen molar-refractivity contribution in [1.82, 2.24) is 9.80 Å². The molecule has 2 fully saturated rings. The zero-order valence-corrected chi connectivity index (χ0v) is 13.9. The predicted octanol–water partition coefficient (Wildman–Crippen LogP) is 2.09. The van der Waals surface area contributed by atoms with Crippen molar-refractivity contribution in [2.75, 3.05) is 39.3 Å². The molecule has 2 rings (SSSR count). The topological polar surface area (TPSA) is 49.6 Å². The summed E-state index contributed by atoms with van der Waals surface area (Å²) in [5, 5.41) is 0. The smallest absolute Gasteiger partial charge is 0.230 e. The van der Waals surface area contributed by atoms with E-state index in [0.29, 0.717) is 18.4 Å². The maximum Gasteiger partial charge on any atom is 0.230 e. The van der Waals surface area contributed by atoms with Gasteiger partial charge in [0.2, 0.25) is 5.91 Å². The third-order valence-corrected chi connectivity index (χ3v) is 5.74. The Morgan fingerprint density at radius 1 is 1.14 bits per heavy atom. The lowest BCUT2D eigenvalue weighted by Gasteiger charge is -2.33. The minimum atomic E-state index is -0.319. The van der Waals surface area contributed by atoms with Gasteiger partial charge in [0.1, 0.15) is 0 Å². The lowest BCUT2D eigenvalue weighted by Crippen LogP contribution is -2.47. The number of likely N-dealkylation sites (tertiary alicyclic amines) is 2. The molecule has 2 heterocycles. The van der Waals surface area contributed by atoms with Gasteiger partial charge in [0.15, 0.2) is 0 Å². The van der Waals surface area contributed by atoms with Crippen LogP contribution in [0.1, 0.15) is 52.4 Å². The highest BCUT2D eigenvalue weighted by Gasteiger charge is 2.39. The van der Waals surface area contributed by atoms with Crippen molar-refractivity contribution < 1.29 is 4.79 Å². The molecule has 0 aliphatic carbocycles. The molecule has 0 aromatic heterocycles. The fraction of sp³-hybridized carbons (Fsp3) is 0.941. The van der Waals surface area contributed by atoms with Gasteiger partial charge in [-0.1, -0.05) is 20.3 Å². The molecule has 1 unspecified atom stereocenters. The van der Waals surface area contributed by atoms with E-state index in [1.165, 1.54) is 38.9 Å². The SMILES string of the molecule is CCC(CC)(CN)C(=O)N1CCC(CN2CCCCC2)C1. The Kier molecular flexibility index (Phi) is 6.06. The highest BCUT2D eigenvalue weighted by Crippen LogP contribution is 2.31. The fourth-order valence-corrected chi connectivity index (χ4v) is 3.94. The molecule has 0 aromatic carbocycles. The highest BCUT2D eigenvalue weighted by molar-refractivity contribution is 5.83. The lowest BCUT2D eigenvalue weighted by atomic mass is 9.81. The Hall–Kier alpha value is -0.610. The van der Waals surface area contributed by atoms with Crippen LogP contribution in [0, 0.1) is 11.3 Å². The van der Waals surface area contributed by atoms with Gasteiger partial charge in [-0.2, -0.15) is 0 Å². The molecule has 2 saturated heterocycles. The van der Waals surface area contributed by atoms with Crippen molar-refractivity contribution in [1.29, 1.82) is 0 Å². The molecule has 1 amide bonds. The van der Waals surface area contributed by atoms with Gasteiger partial charge >= 0.3 is 0 Å². The monoisotopic (exact) mass is 295 g/mol. The van der Waals surface area contributed by atoms with Crippen LogP contribution in [0.25, 0.3) is 0 Å². The number of piperidine rings is 1. The number of hydrogen-bond donors (Lipinski definition) is 1. The van der Waals surface area contributed by atoms with Gasteiger partial charge in [0, 0.05) is 26.2 Å². The van der Waals surface area contributed by atoms with E-state index in [9.17, 15) is 4.79 Å². The van der Waals surface area contributed by atoms with Gasteiger partial charge in [0.05, 0.1) is 5.41 Å². The molecule has 0 aromatic rings. The number of nitrogens with zero attached hydrogens (tertiary/aromatic N) is 2. The summed E-state index contributed by atoms with van der Waals surface area (Å²) < 4.78 is 0.